The maximum Gasteiger partial charge on any atom is 0.416 e. The van der Waals surface area contributed by atoms with Crippen LogP contribution in [0.15, 0.2) is 46.2 Å². The normalized spacial score (nSPS) is 12.1. The molecular formula is C18H18F3N3O5S2. The van der Waals surface area contributed by atoms with Gasteiger partial charge in [-0.3, -0.25) is 14.9 Å². The van der Waals surface area contributed by atoms with Crippen LogP contribution in [0.25, 0.3) is 0 Å². The van der Waals surface area contributed by atoms with Gasteiger partial charge < -0.3 is 5.32 Å². The fourth-order valence-electron chi connectivity index (χ4n) is 2.45. The zero-order chi connectivity index (χ0) is 23.6. The monoisotopic (exact) mass is 477 g/mol. The number of anilines is 1. The van der Waals surface area contributed by atoms with Gasteiger partial charge in [0.2, 0.25) is 15.9 Å². The first-order valence-electron chi connectivity index (χ1n) is 8.55. The van der Waals surface area contributed by atoms with Gasteiger partial charge in [-0.05, 0) is 36.8 Å². The van der Waals surface area contributed by atoms with Crippen molar-refractivity contribution in [2.24, 2.45) is 0 Å². The third-order valence-corrected chi connectivity index (χ3v) is 7.09. The molecule has 13 heteroatoms. The molecule has 0 aliphatic heterocycles. The first-order chi connectivity index (χ1) is 14.2. The van der Waals surface area contributed by atoms with Crippen LogP contribution in [0.3, 0.4) is 0 Å². The Labute approximate surface area is 180 Å². The number of halogens is 3. The number of nitro groups is 1. The molecule has 0 spiro atoms. The highest BCUT2D eigenvalue weighted by molar-refractivity contribution is 8.00. The molecule has 8 nitrogen and oxygen atoms in total. The van der Waals surface area contributed by atoms with Crippen molar-refractivity contribution in [3.8, 4) is 0 Å². The molecule has 2 aromatic carbocycles. The lowest BCUT2D eigenvalue weighted by molar-refractivity contribution is -0.388. The van der Waals surface area contributed by atoms with Gasteiger partial charge in [0.05, 0.1) is 26.0 Å². The summed E-state index contributed by atoms with van der Waals surface area (Å²) in [6.07, 6.45) is -4.73. The molecule has 0 aliphatic rings. The molecule has 2 aromatic rings. The smallest absolute Gasteiger partial charge is 0.325 e. The highest BCUT2D eigenvalue weighted by atomic mass is 32.2. The number of nitrogens with zero attached hydrogens (tertiary/aromatic N) is 2. The van der Waals surface area contributed by atoms with E-state index in [1.807, 2.05) is 0 Å². The Bertz CT molecular complexity index is 1120. The summed E-state index contributed by atoms with van der Waals surface area (Å²) in [7, 11) is -1.01. The lowest BCUT2D eigenvalue weighted by Gasteiger charge is -2.15. The van der Waals surface area contributed by atoms with E-state index in [2.05, 4.69) is 5.32 Å². The number of nitrogens with one attached hydrogen (secondary N) is 1. The number of hydrogen-bond acceptors (Lipinski definition) is 6. The number of amides is 1. The van der Waals surface area contributed by atoms with Crippen molar-refractivity contribution in [3.63, 3.8) is 0 Å². The van der Waals surface area contributed by atoms with Crippen molar-refractivity contribution >= 4 is 39.1 Å². The predicted octanol–water partition coefficient (Wildman–Crippen LogP) is 3.90. The molecule has 0 fully saturated rings. The van der Waals surface area contributed by atoms with E-state index in [1.54, 1.807) is 6.92 Å². The number of sulfonamides is 1. The van der Waals surface area contributed by atoms with Crippen LogP contribution in [0.1, 0.15) is 11.1 Å². The van der Waals surface area contributed by atoms with E-state index in [4.69, 9.17) is 0 Å². The Morgan fingerprint density at radius 3 is 2.39 bits per heavy atom. The second-order valence-electron chi connectivity index (χ2n) is 6.54. The average Bonchev–Trinajstić information content (AvgIpc) is 2.66. The number of alkyl halides is 3. The zero-order valence-corrected chi connectivity index (χ0v) is 18.2. The summed E-state index contributed by atoms with van der Waals surface area (Å²) in [5.41, 5.74) is -1.26. The van der Waals surface area contributed by atoms with Gasteiger partial charge in [-0.1, -0.05) is 6.07 Å². The van der Waals surface area contributed by atoms with Crippen molar-refractivity contribution in [1.82, 2.24) is 4.31 Å². The van der Waals surface area contributed by atoms with Crippen LogP contribution in [0.5, 0.6) is 0 Å². The van der Waals surface area contributed by atoms with Crippen molar-refractivity contribution in [3.05, 3.63) is 57.6 Å². The van der Waals surface area contributed by atoms with Crippen LogP contribution in [-0.2, 0) is 21.0 Å². The molecule has 1 N–H and O–H groups in total. The molecule has 2 rings (SSSR count). The Balaban J connectivity index is 2.17. The molecule has 0 unspecified atom stereocenters. The van der Waals surface area contributed by atoms with Crippen LogP contribution < -0.4 is 5.32 Å². The summed E-state index contributed by atoms with van der Waals surface area (Å²) in [6, 6.07) is 6.34. The second-order valence-corrected chi connectivity index (χ2v) is 9.68. The minimum atomic E-state index is -4.73. The van der Waals surface area contributed by atoms with Gasteiger partial charge in [0.15, 0.2) is 0 Å². The van der Waals surface area contributed by atoms with Crippen molar-refractivity contribution in [2.45, 2.75) is 22.9 Å². The molecule has 0 radical (unpaired) electrons. The maximum atomic E-state index is 12.8. The van der Waals surface area contributed by atoms with Crippen LogP contribution in [0, 0.1) is 17.0 Å². The summed E-state index contributed by atoms with van der Waals surface area (Å²) < 4.78 is 64.1. The number of carbonyl (C=O) groups excluding carboxylic acids is 1. The molecule has 0 aliphatic carbocycles. The third-order valence-electron chi connectivity index (χ3n) is 4.07. The summed E-state index contributed by atoms with van der Waals surface area (Å²) in [4.78, 5) is 22.3. The van der Waals surface area contributed by atoms with Crippen LogP contribution >= 0.6 is 11.8 Å². The summed E-state index contributed by atoms with van der Waals surface area (Å²) >= 11 is 0.692. The molecule has 0 atom stereocenters. The zero-order valence-electron chi connectivity index (χ0n) is 16.6. The molecule has 0 heterocycles. The summed E-state index contributed by atoms with van der Waals surface area (Å²) in [6.45, 7) is 1.60. The van der Waals surface area contributed by atoms with Crippen molar-refractivity contribution < 1.29 is 31.3 Å². The Kier molecular flexibility index (Phi) is 7.34. The Morgan fingerprint density at radius 1 is 1.19 bits per heavy atom. The number of aryl methyl sites for hydroxylation is 1. The van der Waals surface area contributed by atoms with Crippen molar-refractivity contribution in [1.29, 1.82) is 0 Å². The Morgan fingerprint density at radius 2 is 1.84 bits per heavy atom. The van der Waals surface area contributed by atoms with Gasteiger partial charge in [0, 0.05) is 25.8 Å². The van der Waals surface area contributed by atoms with E-state index in [0.717, 1.165) is 10.4 Å². The molecule has 0 aromatic heterocycles. The lowest BCUT2D eigenvalue weighted by atomic mass is 10.2. The number of carbonyl (C=O) groups is 1. The van der Waals surface area contributed by atoms with E-state index < -0.39 is 38.3 Å². The van der Waals surface area contributed by atoms with E-state index in [9.17, 15) is 36.5 Å². The highest BCUT2D eigenvalue weighted by Gasteiger charge is 2.33. The number of nitro benzene ring substituents is 1. The number of benzene rings is 2. The largest absolute Gasteiger partial charge is 0.416 e. The molecule has 0 bridgehead atoms. The average molecular weight is 477 g/mol. The quantitative estimate of drug-likeness (QED) is 0.368. The Hall–Kier alpha value is -2.64. The van der Waals surface area contributed by atoms with Gasteiger partial charge in [-0.2, -0.15) is 13.2 Å². The number of rotatable bonds is 7. The fourth-order valence-corrected chi connectivity index (χ4v) is 4.40. The second kappa shape index (κ2) is 9.24. The first kappa shape index (κ1) is 24.6. The maximum absolute atomic E-state index is 12.8. The van der Waals surface area contributed by atoms with E-state index >= 15 is 0 Å². The van der Waals surface area contributed by atoms with Crippen LogP contribution in [0.4, 0.5) is 24.5 Å². The lowest BCUT2D eigenvalue weighted by Crippen LogP contribution is -2.23. The SMILES string of the molecule is Cc1ccc(NC(=O)CSc2ccc(C(F)(F)F)cc2[N+](=O)[O-])cc1S(=O)(=O)N(C)C. The molecule has 168 valence electrons. The van der Waals surface area contributed by atoms with Gasteiger partial charge >= 0.3 is 6.18 Å². The first-order valence-corrected chi connectivity index (χ1v) is 11.0. The molecule has 0 saturated carbocycles. The standard InChI is InChI=1S/C18H18F3N3O5S2/c1-11-4-6-13(9-16(11)31(28,29)23(2)3)22-17(25)10-30-15-7-5-12(18(19,20)21)8-14(15)24(26)27/h4-9H,10H2,1-3H3,(H,22,25). The van der Waals surface area contributed by atoms with Crippen LogP contribution in [-0.4, -0.2) is 43.4 Å². The van der Waals surface area contributed by atoms with Crippen LogP contribution in [0.2, 0.25) is 0 Å². The van der Waals surface area contributed by atoms with Gasteiger partial charge in [0.1, 0.15) is 0 Å². The molecule has 31 heavy (non-hydrogen) atoms. The molecule has 0 saturated heterocycles. The molecular weight excluding hydrogens is 459 g/mol. The number of thioether (sulfide) groups is 1. The number of hydrogen-bond donors (Lipinski definition) is 1. The van der Waals surface area contributed by atoms with E-state index in [0.29, 0.717) is 29.5 Å². The summed E-state index contributed by atoms with van der Waals surface area (Å²) in [5.74, 6) is -0.952. The predicted molar refractivity (Wildman–Crippen MR) is 110 cm³/mol. The van der Waals surface area contributed by atoms with E-state index in [1.165, 1.54) is 32.3 Å². The van der Waals surface area contributed by atoms with Gasteiger partial charge in [0.25, 0.3) is 5.69 Å². The minimum absolute atomic E-state index is 0.00123. The van der Waals surface area contributed by atoms with Gasteiger partial charge in [-0.15, -0.1) is 11.8 Å². The highest BCUT2D eigenvalue weighted by Crippen LogP contribution is 2.36. The summed E-state index contributed by atoms with van der Waals surface area (Å²) in [5, 5.41) is 13.6. The molecule has 1 amide bonds. The van der Waals surface area contributed by atoms with Crippen molar-refractivity contribution in [2.75, 3.05) is 25.2 Å². The van der Waals surface area contributed by atoms with Gasteiger partial charge in [-0.25, -0.2) is 12.7 Å². The topological polar surface area (TPSA) is 110 Å². The van der Waals surface area contributed by atoms with E-state index in [-0.39, 0.29) is 21.2 Å². The third kappa shape index (κ3) is 5.95. The minimum Gasteiger partial charge on any atom is -0.325 e. The fraction of sp³-hybridized carbons (Fsp3) is 0.278.